The minimum Gasteiger partial charge on any atom is -0.481 e. The molecule has 25 heavy (non-hydrogen) atoms. The number of ether oxygens (including phenoxy) is 1. The Morgan fingerprint density at radius 1 is 1.12 bits per heavy atom. The van der Waals surface area contributed by atoms with Gasteiger partial charge < -0.3 is 9.64 Å². The molecule has 1 fully saturated rings. The summed E-state index contributed by atoms with van der Waals surface area (Å²) < 4.78 is 19.0. The Bertz CT molecular complexity index is 687. The number of carbonyl (C=O) groups is 1. The van der Waals surface area contributed by atoms with Crippen LogP contribution in [-0.4, -0.2) is 30.0 Å². The average molecular weight is 341 g/mol. The maximum absolute atomic E-state index is 13.2. The molecule has 0 aromatic heterocycles. The third-order valence-corrected chi connectivity index (χ3v) is 4.73. The first kappa shape index (κ1) is 17.5. The first-order valence-electron chi connectivity index (χ1n) is 8.89. The van der Waals surface area contributed by atoms with Crippen molar-refractivity contribution >= 4 is 5.91 Å². The van der Waals surface area contributed by atoms with Gasteiger partial charge in [0.1, 0.15) is 11.6 Å². The molecule has 1 heterocycles. The van der Waals surface area contributed by atoms with Crippen molar-refractivity contribution in [2.75, 3.05) is 13.1 Å². The summed E-state index contributed by atoms with van der Waals surface area (Å²) in [5.74, 6) is 0.734. The van der Waals surface area contributed by atoms with E-state index in [0.717, 1.165) is 31.4 Å². The fourth-order valence-electron chi connectivity index (χ4n) is 3.36. The van der Waals surface area contributed by atoms with Crippen LogP contribution in [0.5, 0.6) is 5.75 Å². The number of para-hydroxylation sites is 1. The van der Waals surface area contributed by atoms with Gasteiger partial charge in [0.05, 0.1) is 0 Å². The van der Waals surface area contributed by atoms with Crippen LogP contribution in [0.4, 0.5) is 4.39 Å². The summed E-state index contributed by atoms with van der Waals surface area (Å²) in [4.78, 5) is 14.7. The first-order chi connectivity index (χ1) is 12.1. The lowest BCUT2D eigenvalue weighted by Crippen LogP contribution is -2.42. The summed E-state index contributed by atoms with van der Waals surface area (Å²) in [6.07, 6.45) is 2.55. The quantitative estimate of drug-likeness (QED) is 0.825. The van der Waals surface area contributed by atoms with E-state index in [1.807, 2.05) is 47.4 Å². The lowest BCUT2D eigenvalue weighted by molar-refractivity contribution is -0.138. The molecule has 2 unspecified atom stereocenters. The van der Waals surface area contributed by atoms with Gasteiger partial charge in [0.15, 0.2) is 6.10 Å². The highest BCUT2D eigenvalue weighted by Crippen LogP contribution is 2.27. The van der Waals surface area contributed by atoms with Gasteiger partial charge in [0, 0.05) is 19.0 Å². The van der Waals surface area contributed by atoms with Crippen molar-refractivity contribution in [3.8, 4) is 5.75 Å². The smallest absolute Gasteiger partial charge is 0.263 e. The molecule has 4 heteroatoms. The van der Waals surface area contributed by atoms with Gasteiger partial charge in [0.2, 0.25) is 0 Å². The maximum Gasteiger partial charge on any atom is 0.263 e. The highest BCUT2D eigenvalue weighted by Gasteiger charge is 2.27. The van der Waals surface area contributed by atoms with Crippen molar-refractivity contribution in [2.24, 2.45) is 0 Å². The number of carbonyl (C=O) groups excluding carboxylic acids is 1. The fourth-order valence-corrected chi connectivity index (χ4v) is 3.36. The van der Waals surface area contributed by atoms with Crippen molar-refractivity contribution in [2.45, 2.75) is 38.2 Å². The van der Waals surface area contributed by atoms with E-state index in [-0.39, 0.29) is 17.6 Å². The zero-order chi connectivity index (χ0) is 17.6. The molecule has 1 amide bonds. The Kier molecular flexibility index (Phi) is 5.69. The lowest BCUT2D eigenvalue weighted by Gasteiger charge is -2.27. The molecule has 1 aliphatic heterocycles. The number of likely N-dealkylation sites (tertiary alicyclic amines) is 1. The second kappa shape index (κ2) is 8.15. The molecule has 132 valence electrons. The predicted octanol–water partition coefficient (Wildman–Crippen LogP) is 4.39. The Balaban J connectivity index is 1.67. The monoisotopic (exact) mass is 341 g/mol. The van der Waals surface area contributed by atoms with Gasteiger partial charge in [-0.1, -0.05) is 36.8 Å². The molecule has 0 N–H and O–H groups in total. The molecule has 0 aliphatic carbocycles. The molecule has 1 aliphatic rings. The highest BCUT2D eigenvalue weighted by atomic mass is 19.1. The zero-order valence-electron chi connectivity index (χ0n) is 14.5. The molecular formula is C21H24FNO2. The molecule has 3 rings (SSSR count). The normalized spacial score (nSPS) is 19.1. The summed E-state index contributed by atoms with van der Waals surface area (Å²) >= 11 is 0. The lowest BCUT2D eigenvalue weighted by atomic mass is 9.94. The second-order valence-corrected chi connectivity index (χ2v) is 6.60. The Hall–Kier alpha value is -2.36. The van der Waals surface area contributed by atoms with Gasteiger partial charge >= 0.3 is 0 Å². The molecule has 2 atom stereocenters. The number of amides is 1. The van der Waals surface area contributed by atoms with Gasteiger partial charge in [-0.05, 0) is 49.6 Å². The minimum absolute atomic E-state index is 0.0119. The zero-order valence-corrected chi connectivity index (χ0v) is 14.5. The SMILES string of the molecule is CC(Oc1ccccc1)C(=O)N1CCCCC(c2ccc(F)cc2)C1. The molecule has 0 spiro atoms. The van der Waals surface area contributed by atoms with E-state index in [0.29, 0.717) is 12.3 Å². The molecule has 1 saturated heterocycles. The number of benzene rings is 2. The maximum atomic E-state index is 13.2. The summed E-state index contributed by atoms with van der Waals surface area (Å²) in [5.41, 5.74) is 1.10. The van der Waals surface area contributed by atoms with Gasteiger partial charge in [0.25, 0.3) is 5.91 Å². The topological polar surface area (TPSA) is 29.5 Å². The van der Waals surface area contributed by atoms with E-state index >= 15 is 0 Å². The van der Waals surface area contributed by atoms with E-state index in [4.69, 9.17) is 4.74 Å². The van der Waals surface area contributed by atoms with Crippen LogP contribution < -0.4 is 4.74 Å². The molecule has 2 aromatic carbocycles. The van der Waals surface area contributed by atoms with Gasteiger partial charge in [-0.2, -0.15) is 0 Å². The predicted molar refractivity (Wildman–Crippen MR) is 96.1 cm³/mol. The van der Waals surface area contributed by atoms with Gasteiger partial charge in [-0.25, -0.2) is 4.39 Å². The van der Waals surface area contributed by atoms with Crippen molar-refractivity contribution < 1.29 is 13.9 Å². The number of halogens is 1. The fraction of sp³-hybridized carbons (Fsp3) is 0.381. The van der Waals surface area contributed by atoms with Crippen LogP contribution in [0.15, 0.2) is 54.6 Å². The Labute approximate surface area is 148 Å². The van der Waals surface area contributed by atoms with E-state index in [9.17, 15) is 9.18 Å². The largest absolute Gasteiger partial charge is 0.481 e. The van der Waals surface area contributed by atoms with Gasteiger partial charge in [-0.15, -0.1) is 0 Å². The van der Waals surface area contributed by atoms with Crippen LogP contribution in [-0.2, 0) is 4.79 Å². The molecule has 3 nitrogen and oxygen atoms in total. The van der Waals surface area contributed by atoms with Crippen molar-refractivity contribution in [1.82, 2.24) is 4.90 Å². The minimum atomic E-state index is -0.519. The third-order valence-electron chi connectivity index (χ3n) is 4.73. The van der Waals surface area contributed by atoms with Crippen LogP contribution >= 0.6 is 0 Å². The number of nitrogens with zero attached hydrogens (tertiary/aromatic N) is 1. The summed E-state index contributed by atoms with van der Waals surface area (Å²) in [7, 11) is 0. The highest BCUT2D eigenvalue weighted by molar-refractivity contribution is 5.81. The summed E-state index contributed by atoms with van der Waals surface area (Å²) in [6, 6.07) is 16.1. The average Bonchev–Trinajstić information content (AvgIpc) is 2.89. The third kappa shape index (κ3) is 4.59. The molecular weight excluding hydrogens is 317 g/mol. The van der Waals surface area contributed by atoms with Crippen LogP contribution in [0, 0.1) is 5.82 Å². The van der Waals surface area contributed by atoms with Gasteiger partial charge in [-0.3, -0.25) is 4.79 Å². The Morgan fingerprint density at radius 2 is 1.84 bits per heavy atom. The summed E-state index contributed by atoms with van der Waals surface area (Å²) in [5, 5.41) is 0. The number of hydrogen-bond acceptors (Lipinski definition) is 2. The van der Waals surface area contributed by atoms with Crippen molar-refractivity contribution in [3.05, 3.63) is 66.0 Å². The molecule has 0 saturated carbocycles. The summed E-state index contributed by atoms with van der Waals surface area (Å²) in [6.45, 7) is 3.21. The molecule has 2 aromatic rings. The van der Waals surface area contributed by atoms with E-state index in [1.54, 1.807) is 6.92 Å². The van der Waals surface area contributed by atoms with Crippen LogP contribution in [0.2, 0.25) is 0 Å². The van der Waals surface area contributed by atoms with Crippen molar-refractivity contribution in [1.29, 1.82) is 0 Å². The Morgan fingerprint density at radius 3 is 2.56 bits per heavy atom. The molecule has 0 bridgehead atoms. The van der Waals surface area contributed by atoms with Crippen LogP contribution in [0.25, 0.3) is 0 Å². The molecule has 0 radical (unpaired) electrons. The van der Waals surface area contributed by atoms with Crippen molar-refractivity contribution in [3.63, 3.8) is 0 Å². The van der Waals surface area contributed by atoms with E-state index in [2.05, 4.69) is 0 Å². The number of rotatable bonds is 4. The number of hydrogen-bond donors (Lipinski definition) is 0. The van der Waals surface area contributed by atoms with Crippen LogP contribution in [0.3, 0.4) is 0 Å². The van der Waals surface area contributed by atoms with E-state index < -0.39 is 6.10 Å². The van der Waals surface area contributed by atoms with Crippen LogP contribution in [0.1, 0.15) is 37.7 Å². The van der Waals surface area contributed by atoms with E-state index in [1.165, 1.54) is 12.1 Å². The first-order valence-corrected chi connectivity index (χ1v) is 8.89. The standard InChI is InChI=1S/C21H24FNO2/c1-16(25-20-8-3-2-4-9-20)21(24)23-14-6-5-7-18(15-23)17-10-12-19(22)13-11-17/h2-4,8-13,16,18H,5-7,14-15H2,1H3. The second-order valence-electron chi connectivity index (χ2n) is 6.60.